The Morgan fingerprint density at radius 2 is 2.31 bits per heavy atom. The summed E-state index contributed by atoms with van der Waals surface area (Å²) >= 11 is 0. The largest absolute Gasteiger partial charge is 0.308 e. The van der Waals surface area contributed by atoms with Crippen LogP contribution in [-0.4, -0.2) is 22.1 Å². The van der Waals surface area contributed by atoms with Crippen LogP contribution in [0.4, 0.5) is 0 Å². The van der Waals surface area contributed by atoms with Crippen molar-refractivity contribution >= 4 is 11.7 Å². The van der Waals surface area contributed by atoms with Crippen LogP contribution in [0.2, 0.25) is 0 Å². The molecule has 2 aliphatic rings. The number of fused-ring (bicyclic) bond motifs is 1. The first-order valence-electron chi connectivity index (χ1n) is 3.90. The molecular formula is C8H8N2O3. The Bertz CT molecular complexity index is 332. The van der Waals surface area contributed by atoms with Gasteiger partial charge in [0.1, 0.15) is 0 Å². The van der Waals surface area contributed by atoms with Crippen molar-refractivity contribution in [2.24, 2.45) is 5.92 Å². The number of ketones is 1. The summed E-state index contributed by atoms with van der Waals surface area (Å²) in [5.41, 5.74) is 2.45. The molecule has 2 N–H and O–H groups in total. The fraction of sp³-hybridized carbons (Fsp3) is 0.250. The fourth-order valence-electron chi connectivity index (χ4n) is 1.45. The van der Waals surface area contributed by atoms with E-state index in [0.29, 0.717) is 17.3 Å². The molecule has 0 aromatic rings. The van der Waals surface area contributed by atoms with Gasteiger partial charge in [-0.25, -0.2) is 5.43 Å². The van der Waals surface area contributed by atoms with Crippen LogP contribution in [0.5, 0.6) is 0 Å². The van der Waals surface area contributed by atoms with Gasteiger partial charge in [-0.05, 0) is 12.5 Å². The van der Waals surface area contributed by atoms with E-state index in [1.165, 1.54) is 0 Å². The number of carbonyl (C=O) groups is 2. The van der Waals surface area contributed by atoms with Gasteiger partial charge in [0, 0.05) is 0 Å². The standard InChI is InChI=1S/C8H8N2O3/c11-7-5-3-1-2-4-6(5)10(13)9-8(7)12/h1-2,4-5,13H,3H2,(H,9,12). The minimum atomic E-state index is -0.764. The van der Waals surface area contributed by atoms with Crippen molar-refractivity contribution in [1.29, 1.82) is 0 Å². The first-order valence-corrected chi connectivity index (χ1v) is 3.90. The smallest absolute Gasteiger partial charge is 0.288 e. The van der Waals surface area contributed by atoms with Crippen LogP contribution in [0.1, 0.15) is 6.42 Å². The van der Waals surface area contributed by atoms with Crippen LogP contribution in [0.3, 0.4) is 0 Å². The molecule has 2 rings (SSSR count). The van der Waals surface area contributed by atoms with Crippen LogP contribution in [-0.2, 0) is 9.59 Å². The lowest BCUT2D eigenvalue weighted by atomic mass is 9.91. The monoisotopic (exact) mass is 180 g/mol. The molecule has 0 spiro atoms. The molecule has 1 fully saturated rings. The van der Waals surface area contributed by atoms with Crippen LogP contribution in [0.25, 0.3) is 0 Å². The molecule has 1 unspecified atom stereocenters. The van der Waals surface area contributed by atoms with Crippen molar-refractivity contribution in [1.82, 2.24) is 10.6 Å². The Labute approximate surface area is 74.3 Å². The van der Waals surface area contributed by atoms with Crippen LogP contribution >= 0.6 is 0 Å². The lowest BCUT2D eigenvalue weighted by Crippen LogP contribution is -2.52. The number of hydrogen-bond donors (Lipinski definition) is 2. The van der Waals surface area contributed by atoms with Gasteiger partial charge in [0.25, 0.3) is 0 Å². The normalized spacial score (nSPS) is 26.7. The summed E-state index contributed by atoms with van der Waals surface area (Å²) in [5, 5.41) is 9.85. The van der Waals surface area contributed by atoms with Gasteiger partial charge in [-0.2, -0.15) is 5.17 Å². The summed E-state index contributed by atoms with van der Waals surface area (Å²) in [7, 11) is 0. The van der Waals surface area contributed by atoms with Gasteiger partial charge in [0.05, 0.1) is 11.6 Å². The summed E-state index contributed by atoms with van der Waals surface area (Å²) < 4.78 is 0. The van der Waals surface area contributed by atoms with Gasteiger partial charge >= 0.3 is 5.91 Å². The van der Waals surface area contributed by atoms with E-state index in [0.717, 1.165) is 0 Å². The topological polar surface area (TPSA) is 69.6 Å². The summed E-state index contributed by atoms with van der Waals surface area (Å²) in [5.74, 6) is -1.79. The number of hydroxylamine groups is 1. The van der Waals surface area contributed by atoms with Crippen molar-refractivity contribution in [3.63, 3.8) is 0 Å². The van der Waals surface area contributed by atoms with Gasteiger partial charge < -0.3 is 0 Å². The first-order chi connectivity index (χ1) is 6.20. The van der Waals surface area contributed by atoms with E-state index in [9.17, 15) is 14.8 Å². The lowest BCUT2D eigenvalue weighted by Gasteiger charge is -2.31. The average Bonchev–Trinajstić information content (AvgIpc) is 2.15. The molecule has 0 saturated carbocycles. The van der Waals surface area contributed by atoms with Gasteiger partial charge in [0.15, 0.2) is 0 Å². The van der Waals surface area contributed by atoms with Crippen molar-refractivity contribution in [3.8, 4) is 0 Å². The van der Waals surface area contributed by atoms with Crippen LogP contribution in [0, 0.1) is 5.92 Å². The number of hydrogen-bond acceptors (Lipinski definition) is 4. The van der Waals surface area contributed by atoms with Crippen LogP contribution < -0.4 is 5.43 Å². The zero-order chi connectivity index (χ0) is 9.42. The molecule has 1 aliphatic carbocycles. The quantitative estimate of drug-likeness (QED) is 0.504. The third-order valence-electron chi connectivity index (χ3n) is 2.12. The predicted molar refractivity (Wildman–Crippen MR) is 42.1 cm³/mol. The summed E-state index contributed by atoms with van der Waals surface area (Å²) in [4.78, 5) is 22.2. The van der Waals surface area contributed by atoms with E-state index in [4.69, 9.17) is 0 Å². The summed E-state index contributed by atoms with van der Waals surface area (Å²) in [6.07, 6.45) is 5.60. The molecule has 0 aromatic carbocycles. The Kier molecular flexibility index (Phi) is 1.66. The maximum atomic E-state index is 11.3. The van der Waals surface area contributed by atoms with E-state index >= 15 is 0 Å². The highest BCUT2D eigenvalue weighted by molar-refractivity contribution is 6.38. The van der Waals surface area contributed by atoms with E-state index < -0.39 is 17.6 Å². The highest BCUT2D eigenvalue weighted by Crippen LogP contribution is 2.25. The summed E-state index contributed by atoms with van der Waals surface area (Å²) in [6, 6.07) is 0. The minimum Gasteiger partial charge on any atom is -0.288 e. The maximum absolute atomic E-state index is 11.3. The SMILES string of the molecule is O=C1NN(O)C2=CC=CCC2C1=O. The molecule has 1 atom stereocenters. The van der Waals surface area contributed by atoms with E-state index in [-0.39, 0.29) is 0 Å². The minimum absolute atomic E-state index is 0.423. The highest BCUT2D eigenvalue weighted by atomic mass is 16.5. The Morgan fingerprint density at radius 3 is 3.08 bits per heavy atom. The molecule has 1 saturated heterocycles. The second-order valence-electron chi connectivity index (χ2n) is 2.92. The molecule has 1 aliphatic heterocycles. The molecule has 0 bridgehead atoms. The van der Waals surface area contributed by atoms with Crippen molar-refractivity contribution in [3.05, 3.63) is 23.9 Å². The molecule has 5 nitrogen and oxygen atoms in total. The van der Waals surface area contributed by atoms with Gasteiger partial charge in [-0.3, -0.25) is 14.8 Å². The second-order valence-corrected chi connectivity index (χ2v) is 2.92. The molecule has 1 heterocycles. The predicted octanol–water partition coefficient (Wildman–Crippen LogP) is -0.248. The third kappa shape index (κ3) is 1.13. The Morgan fingerprint density at radius 1 is 1.54 bits per heavy atom. The molecule has 0 radical (unpaired) electrons. The summed E-state index contributed by atoms with van der Waals surface area (Å²) in [6.45, 7) is 0. The number of Topliss-reactive ketones (excluding diaryl/α,β-unsaturated/α-hetero) is 1. The molecule has 13 heavy (non-hydrogen) atoms. The molecular weight excluding hydrogens is 172 g/mol. The first kappa shape index (κ1) is 8.00. The third-order valence-corrected chi connectivity index (χ3v) is 2.12. The van der Waals surface area contributed by atoms with Gasteiger partial charge in [-0.15, -0.1) is 0 Å². The number of hydrazine groups is 1. The van der Waals surface area contributed by atoms with Crippen molar-refractivity contribution < 1.29 is 14.8 Å². The molecule has 68 valence electrons. The van der Waals surface area contributed by atoms with Crippen LogP contribution in [0.15, 0.2) is 23.9 Å². The number of amides is 1. The highest BCUT2D eigenvalue weighted by Gasteiger charge is 2.37. The second kappa shape index (κ2) is 2.70. The number of nitrogens with zero attached hydrogens (tertiary/aromatic N) is 1. The average molecular weight is 180 g/mol. The van der Waals surface area contributed by atoms with Gasteiger partial charge in [0.2, 0.25) is 5.78 Å². The fourth-order valence-corrected chi connectivity index (χ4v) is 1.45. The Hall–Kier alpha value is -1.62. The van der Waals surface area contributed by atoms with E-state index in [2.05, 4.69) is 0 Å². The number of carbonyl (C=O) groups excluding carboxylic acids is 2. The number of allylic oxidation sites excluding steroid dienone is 4. The Balaban J connectivity index is 2.36. The van der Waals surface area contributed by atoms with Gasteiger partial charge in [-0.1, -0.05) is 12.2 Å². The zero-order valence-electron chi connectivity index (χ0n) is 6.73. The molecule has 0 aromatic heterocycles. The molecule has 1 amide bonds. The zero-order valence-corrected chi connectivity index (χ0v) is 6.73. The van der Waals surface area contributed by atoms with E-state index in [1.807, 2.05) is 5.43 Å². The maximum Gasteiger partial charge on any atom is 0.308 e. The van der Waals surface area contributed by atoms with Crippen molar-refractivity contribution in [2.45, 2.75) is 6.42 Å². The van der Waals surface area contributed by atoms with E-state index in [1.54, 1.807) is 18.2 Å². The molecule has 5 heteroatoms. The number of rotatable bonds is 0. The van der Waals surface area contributed by atoms with Crippen molar-refractivity contribution in [2.75, 3.05) is 0 Å². The number of nitrogens with one attached hydrogen (secondary N) is 1. The lowest BCUT2D eigenvalue weighted by molar-refractivity contribution is -0.167.